The molecule has 0 bridgehead atoms. The van der Waals surface area contributed by atoms with Crippen LogP contribution in [0.25, 0.3) is 0 Å². The summed E-state index contributed by atoms with van der Waals surface area (Å²) < 4.78 is 0. The molecule has 0 radical (unpaired) electrons. The van der Waals surface area contributed by atoms with Crippen LogP contribution in [0, 0.1) is 12.8 Å². The summed E-state index contributed by atoms with van der Waals surface area (Å²) in [4.78, 5) is 24.6. The van der Waals surface area contributed by atoms with Crippen LogP contribution in [-0.2, 0) is 9.59 Å². The van der Waals surface area contributed by atoms with Gasteiger partial charge in [0, 0.05) is 24.6 Å². The molecule has 1 aromatic carbocycles. The van der Waals surface area contributed by atoms with Gasteiger partial charge in [-0.15, -0.1) is 0 Å². The molecule has 0 aliphatic carbocycles. The third-order valence-corrected chi connectivity index (χ3v) is 4.01. The Labute approximate surface area is 123 Å². The second kappa shape index (κ2) is 6.13. The van der Waals surface area contributed by atoms with E-state index >= 15 is 0 Å². The van der Waals surface area contributed by atoms with E-state index in [-0.39, 0.29) is 17.6 Å². The minimum Gasteiger partial charge on any atom is -0.508 e. The summed E-state index contributed by atoms with van der Waals surface area (Å²) in [6, 6.07) is 4.03. The number of carboxylic acid groups (broad SMARTS) is 1. The molecule has 1 atom stereocenters. The van der Waals surface area contributed by atoms with E-state index in [2.05, 4.69) is 0 Å². The van der Waals surface area contributed by atoms with Gasteiger partial charge in [0.25, 0.3) is 0 Å². The highest BCUT2D eigenvalue weighted by Crippen LogP contribution is 2.32. The second-order valence-electron chi connectivity index (χ2n) is 5.52. The lowest BCUT2D eigenvalue weighted by Crippen LogP contribution is -2.42. The molecule has 21 heavy (non-hydrogen) atoms. The number of carbonyl (C=O) groups is 2. The van der Waals surface area contributed by atoms with Crippen molar-refractivity contribution in [3.05, 3.63) is 29.3 Å². The lowest BCUT2D eigenvalue weighted by atomic mass is 9.93. The van der Waals surface area contributed by atoms with Crippen molar-refractivity contribution in [1.29, 1.82) is 0 Å². The van der Waals surface area contributed by atoms with Gasteiger partial charge in [-0.05, 0) is 25.8 Å². The Kier molecular flexibility index (Phi) is 4.47. The van der Waals surface area contributed by atoms with Crippen molar-refractivity contribution in [2.45, 2.75) is 25.8 Å². The van der Waals surface area contributed by atoms with Crippen molar-refractivity contribution in [1.82, 2.24) is 4.90 Å². The zero-order valence-corrected chi connectivity index (χ0v) is 12.0. The third kappa shape index (κ3) is 3.33. The average molecular weight is 292 g/mol. The minimum atomic E-state index is -1.01. The summed E-state index contributed by atoms with van der Waals surface area (Å²) in [6.45, 7) is 2.79. The Balaban J connectivity index is 2.23. The van der Waals surface area contributed by atoms with Crippen LogP contribution in [0.2, 0.25) is 0 Å². The summed E-state index contributed by atoms with van der Waals surface area (Å²) in [5.74, 6) is -1.56. The second-order valence-corrected chi connectivity index (χ2v) is 5.52. The first-order chi connectivity index (χ1) is 9.90. The standard InChI is InChI=1S/C15H20N2O4/c1-9-2-3-12(18)11(8-9)13(15(20)21)17-6-4-10(5-7-17)14(16)19/h2-3,8,10,13,18H,4-7H2,1H3,(H2,16,19)(H,20,21). The van der Waals surface area contributed by atoms with Crippen molar-refractivity contribution in [2.75, 3.05) is 13.1 Å². The zero-order chi connectivity index (χ0) is 15.6. The number of amides is 1. The fraction of sp³-hybridized carbons (Fsp3) is 0.467. The molecule has 1 unspecified atom stereocenters. The first-order valence-corrected chi connectivity index (χ1v) is 6.96. The maximum atomic E-state index is 11.6. The molecule has 1 aliphatic heterocycles. The van der Waals surface area contributed by atoms with Gasteiger partial charge in [0.15, 0.2) is 0 Å². The molecular formula is C15H20N2O4. The maximum absolute atomic E-state index is 11.6. The first-order valence-electron chi connectivity index (χ1n) is 6.96. The van der Waals surface area contributed by atoms with Crippen LogP contribution in [-0.4, -0.2) is 40.1 Å². The van der Waals surface area contributed by atoms with Crippen LogP contribution in [0.15, 0.2) is 18.2 Å². The van der Waals surface area contributed by atoms with E-state index in [9.17, 15) is 19.8 Å². The van der Waals surface area contributed by atoms with Crippen LogP contribution in [0.5, 0.6) is 5.75 Å². The molecule has 1 fully saturated rings. The SMILES string of the molecule is Cc1ccc(O)c(C(C(=O)O)N2CCC(C(N)=O)CC2)c1. The van der Waals surface area contributed by atoms with Crippen molar-refractivity contribution < 1.29 is 19.8 Å². The molecule has 4 N–H and O–H groups in total. The quantitative estimate of drug-likeness (QED) is 0.768. The van der Waals surface area contributed by atoms with Gasteiger partial charge in [0.2, 0.25) is 5.91 Å². The van der Waals surface area contributed by atoms with Gasteiger partial charge in [-0.25, -0.2) is 0 Å². The lowest BCUT2D eigenvalue weighted by Gasteiger charge is -2.35. The topological polar surface area (TPSA) is 104 Å². The van der Waals surface area contributed by atoms with Crippen LogP contribution < -0.4 is 5.73 Å². The predicted octanol–water partition coefficient (Wildman–Crippen LogP) is 1.02. The number of nitrogens with two attached hydrogens (primary N) is 1. The largest absolute Gasteiger partial charge is 0.508 e. The molecule has 1 heterocycles. The minimum absolute atomic E-state index is 0.0231. The van der Waals surface area contributed by atoms with E-state index < -0.39 is 12.0 Å². The fourth-order valence-electron chi connectivity index (χ4n) is 2.82. The molecule has 1 amide bonds. The third-order valence-electron chi connectivity index (χ3n) is 4.01. The van der Waals surface area contributed by atoms with E-state index in [1.807, 2.05) is 6.92 Å². The number of rotatable bonds is 4. The Morgan fingerprint density at radius 1 is 1.33 bits per heavy atom. The van der Waals surface area contributed by atoms with Crippen LogP contribution >= 0.6 is 0 Å². The van der Waals surface area contributed by atoms with Gasteiger partial charge in [-0.1, -0.05) is 17.7 Å². The van der Waals surface area contributed by atoms with Crippen LogP contribution in [0.1, 0.15) is 30.0 Å². The molecule has 0 saturated carbocycles. The van der Waals surface area contributed by atoms with Gasteiger partial charge >= 0.3 is 5.97 Å². The Morgan fingerprint density at radius 3 is 2.48 bits per heavy atom. The number of hydrogen-bond acceptors (Lipinski definition) is 4. The number of phenols is 1. The first kappa shape index (κ1) is 15.3. The molecule has 6 heteroatoms. The number of carboxylic acids is 1. The molecule has 0 spiro atoms. The number of primary amides is 1. The summed E-state index contributed by atoms with van der Waals surface area (Å²) in [7, 11) is 0. The lowest BCUT2D eigenvalue weighted by molar-refractivity contribution is -0.144. The van der Waals surface area contributed by atoms with Gasteiger partial charge in [-0.3, -0.25) is 14.5 Å². The highest BCUT2D eigenvalue weighted by molar-refractivity contribution is 5.78. The van der Waals surface area contributed by atoms with Gasteiger partial charge < -0.3 is 15.9 Å². The van der Waals surface area contributed by atoms with Crippen molar-refractivity contribution in [2.24, 2.45) is 11.7 Å². The zero-order valence-electron chi connectivity index (χ0n) is 12.0. The molecule has 1 saturated heterocycles. The maximum Gasteiger partial charge on any atom is 0.325 e. The van der Waals surface area contributed by atoms with Crippen LogP contribution in [0.3, 0.4) is 0 Å². The highest BCUT2D eigenvalue weighted by Gasteiger charge is 2.33. The van der Waals surface area contributed by atoms with Gasteiger partial charge in [-0.2, -0.15) is 0 Å². The molecule has 6 nitrogen and oxygen atoms in total. The molecule has 1 aliphatic rings. The average Bonchev–Trinajstić information content (AvgIpc) is 2.43. The number of aromatic hydroxyl groups is 1. The Hall–Kier alpha value is -2.08. The van der Waals surface area contributed by atoms with Crippen molar-refractivity contribution >= 4 is 11.9 Å². The smallest absolute Gasteiger partial charge is 0.325 e. The molecular weight excluding hydrogens is 272 g/mol. The summed E-state index contributed by atoms with van der Waals surface area (Å²) in [5.41, 5.74) is 6.57. The fourth-order valence-corrected chi connectivity index (χ4v) is 2.82. The Bertz CT molecular complexity index is 551. The summed E-state index contributed by atoms with van der Waals surface area (Å²) in [5, 5.41) is 19.5. The number of carbonyl (C=O) groups excluding carboxylic acids is 1. The van der Waals surface area contributed by atoms with Crippen molar-refractivity contribution in [3.8, 4) is 5.75 Å². The summed E-state index contributed by atoms with van der Waals surface area (Å²) in [6.07, 6.45) is 1.09. The van der Waals surface area contributed by atoms with E-state index in [0.29, 0.717) is 31.5 Å². The van der Waals surface area contributed by atoms with Gasteiger partial charge in [0.05, 0.1) is 0 Å². The normalized spacial score (nSPS) is 18.3. The van der Waals surface area contributed by atoms with Gasteiger partial charge in [0.1, 0.15) is 11.8 Å². The summed E-state index contributed by atoms with van der Waals surface area (Å²) >= 11 is 0. The number of benzene rings is 1. The number of likely N-dealkylation sites (tertiary alicyclic amines) is 1. The number of piperidine rings is 1. The molecule has 1 aromatic rings. The monoisotopic (exact) mass is 292 g/mol. The predicted molar refractivity (Wildman–Crippen MR) is 76.7 cm³/mol. The van der Waals surface area contributed by atoms with E-state index in [1.165, 1.54) is 6.07 Å². The van der Waals surface area contributed by atoms with Crippen molar-refractivity contribution in [3.63, 3.8) is 0 Å². The van der Waals surface area contributed by atoms with Crippen LogP contribution in [0.4, 0.5) is 0 Å². The number of aliphatic carboxylic acids is 1. The Morgan fingerprint density at radius 2 is 1.95 bits per heavy atom. The van der Waals surface area contributed by atoms with E-state index in [0.717, 1.165) is 5.56 Å². The molecule has 0 aromatic heterocycles. The number of nitrogens with zero attached hydrogens (tertiary/aromatic N) is 1. The van der Waals surface area contributed by atoms with E-state index in [4.69, 9.17) is 5.73 Å². The number of hydrogen-bond donors (Lipinski definition) is 3. The highest BCUT2D eigenvalue weighted by atomic mass is 16.4. The number of phenolic OH excluding ortho intramolecular Hbond substituents is 1. The molecule has 114 valence electrons. The van der Waals surface area contributed by atoms with E-state index in [1.54, 1.807) is 17.0 Å². The number of aryl methyl sites for hydroxylation is 1. The molecule has 2 rings (SSSR count).